The molecular weight excluding hydrogens is 249 g/mol. The van der Waals surface area contributed by atoms with Gasteiger partial charge in [-0.05, 0) is 12.8 Å². The number of morpholine rings is 1. The first kappa shape index (κ1) is 10.6. The molecule has 3 heterocycles. The predicted molar refractivity (Wildman–Crippen MR) is 62.2 cm³/mol. The number of fused-ring (bicyclic) bond motifs is 2. The summed E-state index contributed by atoms with van der Waals surface area (Å²) in [5.41, 5.74) is 0.863. The molecule has 4 nitrogen and oxygen atoms in total. The molecule has 0 saturated carbocycles. The van der Waals surface area contributed by atoms with E-state index in [1.807, 2.05) is 0 Å². The van der Waals surface area contributed by atoms with E-state index in [0.717, 1.165) is 31.6 Å². The maximum absolute atomic E-state index is 6.03. The fraction of sp³-hybridized carbons (Fsp3) is 0.600. The van der Waals surface area contributed by atoms with Crippen LogP contribution < -0.4 is 4.90 Å². The molecule has 2 atom stereocenters. The lowest BCUT2D eigenvalue weighted by atomic mass is 10.2. The van der Waals surface area contributed by atoms with Crippen LogP contribution in [0.2, 0.25) is 10.3 Å². The Morgan fingerprint density at radius 2 is 1.88 bits per heavy atom. The van der Waals surface area contributed by atoms with E-state index in [1.54, 1.807) is 6.07 Å². The number of nitrogens with zero attached hydrogens (tertiary/aromatic N) is 3. The highest BCUT2D eigenvalue weighted by atomic mass is 35.5. The molecule has 6 heteroatoms. The van der Waals surface area contributed by atoms with Crippen molar-refractivity contribution < 1.29 is 4.74 Å². The Morgan fingerprint density at radius 1 is 1.19 bits per heavy atom. The first-order valence-electron chi connectivity index (χ1n) is 5.31. The van der Waals surface area contributed by atoms with E-state index in [-0.39, 0.29) is 0 Å². The molecule has 3 rings (SSSR count). The maximum Gasteiger partial charge on any atom is 0.175 e. The van der Waals surface area contributed by atoms with Crippen molar-refractivity contribution in [3.05, 3.63) is 16.4 Å². The molecule has 0 N–H and O–H groups in total. The normalized spacial score (nSPS) is 28.5. The lowest BCUT2D eigenvalue weighted by Gasteiger charge is -2.33. The van der Waals surface area contributed by atoms with Crippen molar-refractivity contribution in [3.8, 4) is 0 Å². The summed E-state index contributed by atoms with van der Waals surface area (Å²) in [7, 11) is 0. The highest BCUT2D eigenvalue weighted by Crippen LogP contribution is 2.32. The van der Waals surface area contributed by atoms with Crippen molar-refractivity contribution in [3.63, 3.8) is 0 Å². The van der Waals surface area contributed by atoms with Gasteiger partial charge in [-0.1, -0.05) is 23.2 Å². The Labute approximate surface area is 103 Å². The second-order valence-corrected chi connectivity index (χ2v) is 4.95. The molecule has 0 radical (unpaired) electrons. The first-order valence-corrected chi connectivity index (χ1v) is 6.07. The summed E-state index contributed by atoms with van der Waals surface area (Å²) in [5.74, 6) is 0. The fourth-order valence-electron chi connectivity index (χ4n) is 2.38. The molecule has 2 saturated heterocycles. The zero-order chi connectivity index (χ0) is 11.1. The number of hydrogen-bond acceptors (Lipinski definition) is 4. The Kier molecular flexibility index (Phi) is 2.65. The van der Waals surface area contributed by atoms with Crippen LogP contribution in [0, 0.1) is 0 Å². The van der Waals surface area contributed by atoms with E-state index in [0.29, 0.717) is 22.5 Å². The Bertz CT molecular complexity index is 403. The quantitative estimate of drug-likeness (QED) is 0.775. The van der Waals surface area contributed by atoms with Gasteiger partial charge in [0.05, 0.1) is 17.9 Å². The van der Waals surface area contributed by atoms with Crippen molar-refractivity contribution in [2.75, 3.05) is 18.0 Å². The monoisotopic (exact) mass is 259 g/mol. The summed E-state index contributed by atoms with van der Waals surface area (Å²) >= 11 is 11.9. The maximum atomic E-state index is 6.03. The number of hydrogen-bond donors (Lipinski definition) is 0. The summed E-state index contributed by atoms with van der Waals surface area (Å²) in [5, 5.41) is 8.32. The minimum atomic E-state index is 0.321. The van der Waals surface area contributed by atoms with Gasteiger partial charge >= 0.3 is 0 Å². The van der Waals surface area contributed by atoms with Crippen molar-refractivity contribution in [2.24, 2.45) is 0 Å². The van der Waals surface area contributed by atoms with E-state index in [2.05, 4.69) is 15.1 Å². The SMILES string of the molecule is Clc1cc(N2CC3CCC(C2)O3)c(Cl)nn1. The van der Waals surface area contributed by atoms with Crippen LogP contribution in [-0.4, -0.2) is 35.5 Å². The number of halogens is 2. The first-order chi connectivity index (χ1) is 7.72. The highest BCUT2D eigenvalue weighted by Gasteiger charge is 2.34. The van der Waals surface area contributed by atoms with Crippen molar-refractivity contribution in [2.45, 2.75) is 25.0 Å². The topological polar surface area (TPSA) is 38.2 Å². The van der Waals surface area contributed by atoms with Crippen LogP contribution in [0.5, 0.6) is 0 Å². The second kappa shape index (κ2) is 4.02. The minimum Gasteiger partial charge on any atom is -0.371 e. The smallest absolute Gasteiger partial charge is 0.175 e. The molecule has 2 unspecified atom stereocenters. The highest BCUT2D eigenvalue weighted by molar-refractivity contribution is 6.33. The molecule has 16 heavy (non-hydrogen) atoms. The third-order valence-electron chi connectivity index (χ3n) is 3.08. The third kappa shape index (κ3) is 1.85. The molecule has 2 aliphatic heterocycles. The number of anilines is 1. The zero-order valence-electron chi connectivity index (χ0n) is 8.57. The van der Waals surface area contributed by atoms with E-state index in [9.17, 15) is 0 Å². The molecule has 2 aliphatic rings. The zero-order valence-corrected chi connectivity index (χ0v) is 10.1. The fourth-order valence-corrected chi connectivity index (χ4v) is 2.73. The van der Waals surface area contributed by atoms with Crippen LogP contribution >= 0.6 is 23.2 Å². The summed E-state index contributed by atoms with van der Waals surface area (Å²) in [6.07, 6.45) is 2.90. The van der Waals surface area contributed by atoms with Gasteiger partial charge in [-0.15, -0.1) is 10.2 Å². The Balaban J connectivity index is 1.89. The van der Waals surface area contributed by atoms with E-state index in [4.69, 9.17) is 27.9 Å². The molecular formula is C10H11Cl2N3O. The van der Waals surface area contributed by atoms with Crippen LogP contribution in [-0.2, 0) is 4.74 Å². The van der Waals surface area contributed by atoms with E-state index in [1.165, 1.54) is 0 Å². The van der Waals surface area contributed by atoms with Crippen LogP contribution in [0.1, 0.15) is 12.8 Å². The lowest BCUT2D eigenvalue weighted by molar-refractivity contribution is 0.0305. The molecule has 2 fully saturated rings. The Morgan fingerprint density at radius 3 is 2.56 bits per heavy atom. The Hall–Kier alpha value is -0.580. The van der Waals surface area contributed by atoms with Crippen LogP contribution in [0.4, 0.5) is 5.69 Å². The molecule has 0 spiro atoms. The number of ether oxygens (including phenoxy) is 1. The molecule has 0 aromatic carbocycles. The van der Waals surface area contributed by atoms with Gasteiger partial charge in [0.25, 0.3) is 0 Å². The molecule has 0 aliphatic carbocycles. The number of aromatic nitrogens is 2. The van der Waals surface area contributed by atoms with E-state index < -0.39 is 0 Å². The van der Waals surface area contributed by atoms with Gasteiger partial charge in [0.1, 0.15) is 0 Å². The average molecular weight is 260 g/mol. The summed E-state index contributed by atoms with van der Waals surface area (Å²) in [6, 6.07) is 1.77. The van der Waals surface area contributed by atoms with Gasteiger partial charge in [-0.3, -0.25) is 0 Å². The van der Waals surface area contributed by atoms with Gasteiger partial charge in [-0.2, -0.15) is 0 Å². The standard InChI is InChI=1S/C10H11Cl2N3O/c11-9-3-8(10(12)14-13-9)15-4-6-1-2-7(5-15)16-6/h3,6-7H,1-2,4-5H2. The van der Waals surface area contributed by atoms with Crippen molar-refractivity contribution >= 4 is 28.9 Å². The van der Waals surface area contributed by atoms with Gasteiger partial charge < -0.3 is 9.64 Å². The molecule has 1 aromatic rings. The van der Waals surface area contributed by atoms with Crippen molar-refractivity contribution in [1.82, 2.24) is 10.2 Å². The molecule has 0 amide bonds. The van der Waals surface area contributed by atoms with E-state index >= 15 is 0 Å². The lowest BCUT2D eigenvalue weighted by Crippen LogP contribution is -2.42. The predicted octanol–water partition coefficient (Wildman–Crippen LogP) is 2.15. The third-order valence-corrected chi connectivity index (χ3v) is 3.54. The van der Waals surface area contributed by atoms with Gasteiger partial charge in [0.2, 0.25) is 0 Å². The number of rotatable bonds is 1. The minimum absolute atomic E-state index is 0.321. The van der Waals surface area contributed by atoms with Gasteiger partial charge in [0, 0.05) is 19.2 Å². The van der Waals surface area contributed by atoms with Gasteiger partial charge in [-0.25, -0.2) is 0 Å². The summed E-state index contributed by atoms with van der Waals surface area (Å²) in [6.45, 7) is 1.72. The van der Waals surface area contributed by atoms with Crippen LogP contribution in [0.25, 0.3) is 0 Å². The second-order valence-electron chi connectivity index (χ2n) is 4.21. The largest absolute Gasteiger partial charge is 0.371 e. The molecule has 2 bridgehead atoms. The summed E-state index contributed by atoms with van der Waals surface area (Å²) in [4.78, 5) is 2.19. The van der Waals surface area contributed by atoms with Crippen molar-refractivity contribution in [1.29, 1.82) is 0 Å². The van der Waals surface area contributed by atoms with Crippen LogP contribution in [0.3, 0.4) is 0 Å². The molecule has 1 aromatic heterocycles. The molecule has 86 valence electrons. The van der Waals surface area contributed by atoms with Crippen LogP contribution in [0.15, 0.2) is 6.07 Å². The van der Waals surface area contributed by atoms with Gasteiger partial charge in [0.15, 0.2) is 10.3 Å². The summed E-state index contributed by atoms with van der Waals surface area (Å²) < 4.78 is 5.77. The average Bonchev–Trinajstić information content (AvgIpc) is 2.61.